The number of anilines is 1. The van der Waals surface area contributed by atoms with Crippen molar-refractivity contribution in [1.82, 2.24) is 10.3 Å². The monoisotopic (exact) mass is 227 g/mol. The summed E-state index contributed by atoms with van der Waals surface area (Å²) >= 11 is 0. The van der Waals surface area contributed by atoms with Crippen LogP contribution in [0.25, 0.3) is 10.9 Å². The van der Waals surface area contributed by atoms with Gasteiger partial charge in [-0.3, -0.25) is 0 Å². The molecule has 0 radical (unpaired) electrons. The van der Waals surface area contributed by atoms with E-state index >= 15 is 0 Å². The zero-order chi connectivity index (χ0) is 11.7. The molecule has 1 aliphatic rings. The summed E-state index contributed by atoms with van der Waals surface area (Å²) in [6.45, 7) is 2.16. The normalized spacial score (nSPS) is 15.4. The second-order valence-corrected chi connectivity index (χ2v) is 4.51. The lowest BCUT2D eigenvalue weighted by Crippen LogP contribution is -2.16. The molecule has 0 atom stereocenters. The highest BCUT2D eigenvalue weighted by atomic mass is 15.0. The Balaban J connectivity index is 2.15. The van der Waals surface area contributed by atoms with Gasteiger partial charge in [0.1, 0.15) is 5.82 Å². The van der Waals surface area contributed by atoms with Gasteiger partial charge in [0.25, 0.3) is 0 Å². The lowest BCUT2D eigenvalue weighted by Gasteiger charge is -2.08. The van der Waals surface area contributed by atoms with Crippen LogP contribution in [-0.2, 0) is 12.8 Å². The topological polar surface area (TPSA) is 37.0 Å². The Kier molecular flexibility index (Phi) is 2.69. The number of nitrogens with zero attached hydrogens (tertiary/aromatic N) is 1. The smallest absolute Gasteiger partial charge is 0.126 e. The Hall–Kier alpha value is -1.61. The average Bonchev–Trinajstić information content (AvgIpc) is 2.60. The van der Waals surface area contributed by atoms with E-state index in [-0.39, 0.29) is 0 Å². The summed E-state index contributed by atoms with van der Waals surface area (Å²) in [5, 5.41) is 7.77. The van der Waals surface area contributed by atoms with Gasteiger partial charge in [-0.15, -0.1) is 0 Å². The first-order valence-electron chi connectivity index (χ1n) is 6.18. The third kappa shape index (κ3) is 1.98. The molecule has 0 spiro atoms. The summed E-state index contributed by atoms with van der Waals surface area (Å²) in [4.78, 5) is 4.60. The summed E-state index contributed by atoms with van der Waals surface area (Å²) < 4.78 is 0. The van der Waals surface area contributed by atoms with Gasteiger partial charge in [0.15, 0.2) is 0 Å². The average molecular weight is 227 g/mol. The number of rotatable bonds is 1. The molecule has 17 heavy (non-hydrogen) atoms. The Bertz CT molecular complexity index is 548. The van der Waals surface area contributed by atoms with Crippen molar-refractivity contribution >= 4 is 16.7 Å². The van der Waals surface area contributed by atoms with Crippen molar-refractivity contribution in [2.75, 3.05) is 25.5 Å². The minimum absolute atomic E-state index is 0.934. The molecule has 1 aliphatic heterocycles. The van der Waals surface area contributed by atoms with Crippen LogP contribution < -0.4 is 10.6 Å². The Labute approximate surface area is 101 Å². The molecule has 3 rings (SSSR count). The molecular weight excluding hydrogens is 210 g/mol. The van der Waals surface area contributed by atoms with Crippen molar-refractivity contribution in [3.63, 3.8) is 0 Å². The van der Waals surface area contributed by atoms with Gasteiger partial charge in [-0.2, -0.15) is 0 Å². The fourth-order valence-electron chi connectivity index (χ4n) is 2.44. The summed E-state index contributed by atoms with van der Waals surface area (Å²) in [5.74, 6) is 0.934. The van der Waals surface area contributed by atoms with E-state index in [1.54, 1.807) is 0 Å². The highest BCUT2D eigenvalue weighted by Crippen LogP contribution is 2.22. The fraction of sp³-hybridized carbons (Fsp3) is 0.357. The second kappa shape index (κ2) is 4.34. The zero-order valence-corrected chi connectivity index (χ0v) is 10.1. The molecule has 88 valence electrons. The molecule has 2 heterocycles. The molecule has 3 nitrogen and oxygen atoms in total. The minimum atomic E-state index is 0.934. The molecule has 2 N–H and O–H groups in total. The van der Waals surface area contributed by atoms with Gasteiger partial charge in [-0.05, 0) is 61.3 Å². The second-order valence-electron chi connectivity index (χ2n) is 4.51. The van der Waals surface area contributed by atoms with Gasteiger partial charge >= 0.3 is 0 Å². The Morgan fingerprint density at radius 1 is 1.12 bits per heavy atom. The molecule has 0 unspecified atom stereocenters. The van der Waals surface area contributed by atoms with Crippen LogP contribution in [-0.4, -0.2) is 25.1 Å². The van der Waals surface area contributed by atoms with E-state index in [2.05, 4.69) is 33.8 Å². The van der Waals surface area contributed by atoms with Crippen molar-refractivity contribution in [2.45, 2.75) is 12.8 Å². The van der Waals surface area contributed by atoms with Gasteiger partial charge in [0.05, 0.1) is 5.52 Å². The largest absolute Gasteiger partial charge is 0.373 e. The van der Waals surface area contributed by atoms with E-state index in [1.807, 2.05) is 13.1 Å². The maximum Gasteiger partial charge on any atom is 0.126 e. The predicted molar refractivity (Wildman–Crippen MR) is 71.6 cm³/mol. The molecule has 0 aliphatic carbocycles. The van der Waals surface area contributed by atoms with Crippen LogP contribution in [0, 0.1) is 0 Å². The summed E-state index contributed by atoms with van der Waals surface area (Å²) in [6, 6.07) is 8.72. The lowest BCUT2D eigenvalue weighted by atomic mass is 10.00. The van der Waals surface area contributed by atoms with E-state index in [0.717, 1.165) is 37.3 Å². The number of pyridine rings is 1. The van der Waals surface area contributed by atoms with Crippen LogP contribution in [0.3, 0.4) is 0 Å². The molecule has 0 fully saturated rings. The lowest BCUT2D eigenvalue weighted by molar-refractivity contribution is 0.711. The van der Waals surface area contributed by atoms with Crippen LogP contribution in [0.4, 0.5) is 5.82 Å². The van der Waals surface area contributed by atoms with E-state index < -0.39 is 0 Å². The summed E-state index contributed by atoms with van der Waals surface area (Å²) in [5.41, 5.74) is 4.02. The van der Waals surface area contributed by atoms with Crippen molar-refractivity contribution in [3.05, 3.63) is 35.4 Å². The number of hydrogen-bond donors (Lipinski definition) is 2. The SMILES string of the molecule is CNc1ccc2cc3c(cc2n1)CCNCC3. The van der Waals surface area contributed by atoms with Crippen molar-refractivity contribution in [3.8, 4) is 0 Å². The fourth-order valence-corrected chi connectivity index (χ4v) is 2.44. The first-order chi connectivity index (χ1) is 8.36. The molecule has 0 saturated heterocycles. The molecule has 0 saturated carbocycles. The van der Waals surface area contributed by atoms with Gasteiger partial charge in [-0.25, -0.2) is 4.98 Å². The molecule has 3 heteroatoms. The number of hydrogen-bond acceptors (Lipinski definition) is 3. The van der Waals surface area contributed by atoms with Crippen molar-refractivity contribution in [2.24, 2.45) is 0 Å². The standard InChI is InChI=1S/C14H17N3/c1-15-14-3-2-12-8-10-4-6-16-7-5-11(10)9-13(12)17-14/h2-3,8-9,16H,4-7H2,1H3,(H,15,17). The number of aromatic nitrogens is 1. The van der Waals surface area contributed by atoms with Gasteiger partial charge in [0.2, 0.25) is 0 Å². The van der Waals surface area contributed by atoms with Crippen molar-refractivity contribution in [1.29, 1.82) is 0 Å². The molecule has 1 aromatic carbocycles. The van der Waals surface area contributed by atoms with Gasteiger partial charge < -0.3 is 10.6 Å². The molecule has 0 amide bonds. The summed E-state index contributed by atoms with van der Waals surface area (Å²) in [7, 11) is 1.90. The van der Waals surface area contributed by atoms with Crippen LogP contribution in [0.2, 0.25) is 0 Å². The van der Waals surface area contributed by atoms with Crippen LogP contribution in [0.1, 0.15) is 11.1 Å². The number of nitrogens with one attached hydrogen (secondary N) is 2. The zero-order valence-electron chi connectivity index (χ0n) is 10.1. The Morgan fingerprint density at radius 2 is 1.88 bits per heavy atom. The van der Waals surface area contributed by atoms with E-state index in [4.69, 9.17) is 0 Å². The quantitative estimate of drug-likeness (QED) is 0.782. The van der Waals surface area contributed by atoms with E-state index in [9.17, 15) is 0 Å². The van der Waals surface area contributed by atoms with Crippen molar-refractivity contribution < 1.29 is 0 Å². The maximum atomic E-state index is 4.60. The minimum Gasteiger partial charge on any atom is -0.373 e. The molecule has 0 bridgehead atoms. The molecule has 1 aromatic heterocycles. The third-order valence-corrected chi connectivity index (χ3v) is 3.41. The van der Waals surface area contributed by atoms with Gasteiger partial charge in [0, 0.05) is 12.4 Å². The number of benzene rings is 1. The Morgan fingerprint density at radius 3 is 2.65 bits per heavy atom. The van der Waals surface area contributed by atoms with E-state index in [0.29, 0.717) is 0 Å². The summed E-state index contributed by atoms with van der Waals surface area (Å²) in [6.07, 6.45) is 2.23. The highest BCUT2D eigenvalue weighted by Gasteiger charge is 2.09. The first-order valence-corrected chi connectivity index (χ1v) is 6.18. The van der Waals surface area contributed by atoms with E-state index in [1.165, 1.54) is 16.5 Å². The number of fused-ring (bicyclic) bond motifs is 2. The molecule has 2 aromatic rings. The third-order valence-electron chi connectivity index (χ3n) is 3.41. The first kappa shape index (κ1) is 10.5. The maximum absolute atomic E-state index is 4.60. The molecular formula is C14H17N3. The van der Waals surface area contributed by atoms with Crippen LogP contribution in [0.15, 0.2) is 24.3 Å². The van der Waals surface area contributed by atoms with Crippen LogP contribution in [0.5, 0.6) is 0 Å². The predicted octanol–water partition coefficient (Wildman–Crippen LogP) is 1.96. The van der Waals surface area contributed by atoms with Crippen LogP contribution >= 0.6 is 0 Å². The van der Waals surface area contributed by atoms with Gasteiger partial charge in [-0.1, -0.05) is 0 Å². The highest BCUT2D eigenvalue weighted by molar-refractivity contribution is 5.82.